The molecule has 0 aliphatic carbocycles. The Morgan fingerprint density at radius 3 is 2.83 bits per heavy atom. The monoisotopic (exact) mass is 247 g/mol. The standard InChI is InChI=1S/C11H13N5O2/c1-16-8(3-5-15-16)2-4-13-10-9(11(17)18)12-6-7-14-10/h3,5-7H,2,4H2,1H3,(H,13,14)(H,17,18). The van der Waals surface area contributed by atoms with E-state index in [9.17, 15) is 4.79 Å². The molecule has 0 radical (unpaired) electrons. The second-order valence-corrected chi connectivity index (χ2v) is 3.68. The van der Waals surface area contributed by atoms with Gasteiger partial charge in [-0.25, -0.2) is 14.8 Å². The maximum atomic E-state index is 10.9. The first-order chi connectivity index (χ1) is 8.68. The van der Waals surface area contributed by atoms with Crippen molar-refractivity contribution in [1.29, 1.82) is 0 Å². The Kier molecular flexibility index (Phi) is 3.52. The number of carboxylic acids is 1. The molecule has 0 atom stereocenters. The molecule has 0 saturated heterocycles. The molecule has 7 heteroatoms. The number of carbonyl (C=O) groups is 1. The van der Waals surface area contributed by atoms with Gasteiger partial charge in [0.2, 0.25) is 0 Å². The first-order valence-corrected chi connectivity index (χ1v) is 5.43. The Morgan fingerprint density at radius 1 is 1.39 bits per heavy atom. The number of anilines is 1. The molecule has 0 aliphatic heterocycles. The van der Waals surface area contributed by atoms with E-state index in [1.807, 2.05) is 13.1 Å². The second-order valence-electron chi connectivity index (χ2n) is 3.68. The molecule has 2 heterocycles. The van der Waals surface area contributed by atoms with Crippen molar-refractivity contribution < 1.29 is 9.90 Å². The van der Waals surface area contributed by atoms with Gasteiger partial charge in [-0.1, -0.05) is 0 Å². The molecule has 0 spiro atoms. The normalized spacial score (nSPS) is 10.3. The molecule has 0 unspecified atom stereocenters. The van der Waals surface area contributed by atoms with Gasteiger partial charge in [0, 0.05) is 44.3 Å². The van der Waals surface area contributed by atoms with Crippen LogP contribution in [0.1, 0.15) is 16.2 Å². The van der Waals surface area contributed by atoms with Crippen LogP contribution in [0.5, 0.6) is 0 Å². The van der Waals surface area contributed by atoms with E-state index < -0.39 is 5.97 Å². The Hall–Kier alpha value is -2.44. The highest BCUT2D eigenvalue weighted by atomic mass is 16.4. The number of aromatic carboxylic acids is 1. The summed E-state index contributed by atoms with van der Waals surface area (Å²) in [6, 6.07) is 1.91. The molecule has 0 saturated carbocycles. The van der Waals surface area contributed by atoms with Crippen molar-refractivity contribution in [3.63, 3.8) is 0 Å². The fraction of sp³-hybridized carbons (Fsp3) is 0.273. The third-order valence-corrected chi connectivity index (χ3v) is 2.50. The van der Waals surface area contributed by atoms with E-state index in [4.69, 9.17) is 5.11 Å². The van der Waals surface area contributed by atoms with Gasteiger partial charge < -0.3 is 10.4 Å². The van der Waals surface area contributed by atoms with Gasteiger partial charge >= 0.3 is 5.97 Å². The van der Waals surface area contributed by atoms with E-state index >= 15 is 0 Å². The van der Waals surface area contributed by atoms with Crippen LogP contribution in [-0.2, 0) is 13.5 Å². The first-order valence-electron chi connectivity index (χ1n) is 5.43. The number of aromatic nitrogens is 4. The summed E-state index contributed by atoms with van der Waals surface area (Å²) >= 11 is 0. The SMILES string of the molecule is Cn1nccc1CCNc1nccnc1C(=O)O. The molecule has 94 valence electrons. The van der Waals surface area contributed by atoms with E-state index in [-0.39, 0.29) is 11.5 Å². The van der Waals surface area contributed by atoms with Gasteiger partial charge in [-0.05, 0) is 6.07 Å². The minimum absolute atomic E-state index is 0.0671. The van der Waals surface area contributed by atoms with Crippen LogP contribution in [-0.4, -0.2) is 37.4 Å². The molecule has 0 fully saturated rings. The number of rotatable bonds is 5. The molecule has 2 rings (SSSR count). The smallest absolute Gasteiger partial charge is 0.358 e. The number of nitrogens with one attached hydrogen (secondary N) is 1. The van der Waals surface area contributed by atoms with Gasteiger partial charge in [-0.3, -0.25) is 4.68 Å². The third kappa shape index (κ3) is 2.62. The summed E-state index contributed by atoms with van der Waals surface area (Å²) in [7, 11) is 1.86. The number of hydrogen-bond donors (Lipinski definition) is 2. The highest BCUT2D eigenvalue weighted by Gasteiger charge is 2.11. The lowest BCUT2D eigenvalue weighted by atomic mass is 10.3. The van der Waals surface area contributed by atoms with Gasteiger partial charge in [0.1, 0.15) is 0 Å². The summed E-state index contributed by atoms with van der Waals surface area (Å²) in [4.78, 5) is 18.6. The van der Waals surface area contributed by atoms with E-state index in [2.05, 4.69) is 20.4 Å². The summed E-state index contributed by atoms with van der Waals surface area (Å²) in [6.45, 7) is 0.568. The van der Waals surface area contributed by atoms with Crippen LogP contribution < -0.4 is 5.32 Å². The van der Waals surface area contributed by atoms with Crippen LogP contribution in [0.15, 0.2) is 24.7 Å². The van der Waals surface area contributed by atoms with Crippen molar-refractivity contribution in [3.8, 4) is 0 Å². The zero-order valence-corrected chi connectivity index (χ0v) is 9.87. The van der Waals surface area contributed by atoms with Gasteiger partial charge in [-0.2, -0.15) is 5.10 Å². The number of nitrogens with zero attached hydrogens (tertiary/aromatic N) is 4. The zero-order chi connectivity index (χ0) is 13.0. The Balaban J connectivity index is 1.99. The van der Waals surface area contributed by atoms with Crippen LogP contribution in [0, 0.1) is 0 Å². The molecule has 0 amide bonds. The van der Waals surface area contributed by atoms with Crippen molar-refractivity contribution in [2.24, 2.45) is 7.05 Å². The van der Waals surface area contributed by atoms with Crippen LogP contribution in [0.3, 0.4) is 0 Å². The molecule has 2 aromatic heterocycles. The summed E-state index contributed by atoms with van der Waals surface area (Å²) < 4.78 is 1.77. The molecule has 7 nitrogen and oxygen atoms in total. The molecule has 2 N–H and O–H groups in total. The van der Waals surface area contributed by atoms with Gasteiger partial charge in [0.25, 0.3) is 0 Å². The van der Waals surface area contributed by atoms with Crippen LogP contribution in [0.2, 0.25) is 0 Å². The molecule has 2 aromatic rings. The molecule has 0 aliphatic rings. The van der Waals surface area contributed by atoms with E-state index in [0.29, 0.717) is 6.54 Å². The predicted octanol–water partition coefficient (Wildman–Crippen LogP) is 0.563. The minimum atomic E-state index is -1.09. The number of carboxylic acid groups (broad SMARTS) is 1. The molecule has 0 aromatic carbocycles. The molecular formula is C11H13N5O2. The molecule has 18 heavy (non-hydrogen) atoms. The average molecular weight is 247 g/mol. The van der Waals surface area contributed by atoms with Crippen LogP contribution in [0.25, 0.3) is 0 Å². The first kappa shape index (κ1) is 12.0. The quantitative estimate of drug-likeness (QED) is 0.802. The van der Waals surface area contributed by atoms with Gasteiger partial charge in [-0.15, -0.1) is 0 Å². The van der Waals surface area contributed by atoms with Crippen LogP contribution >= 0.6 is 0 Å². The highest BCUT2D eigenvalue weighted by molar-refractivity contribution is 5.90. The zero-order valence-electron chi connectivity index (χ0n) is 9.87. The number of hydrogen-bond acceptors (Lipinski definition) is 5. The molecule has 0 bridgehead atoms. The van der Waals surface area contributed by atoms with Gasteiger partial charge in [0.05, 0.1) is 0 Å². The second kappa shape index (κ2) is 5.26. The van der Waals surface area contributed by atoms with Crippen LogP contribution in [0.4, 0.5) is 5.82 Å². The van der Waals surface area contributed by atoms with E-state index in [0.717, 1.165) is 12.1 Å². The topological polar surface area (TPSA) is 92.9 Å². The summed E-state index contributed by atoms with van der Waals surface area (Å²) in [5.41, 5.74) is 0.991. The van der Waals surface area contributed by atoms with E-state index in [1.54, 1.807) is 10.9 Å². The summed E-state index contributed by atoms with van der Waals surface area (Å²) in [5, 5.41) is 16.0. The maximum absolute atomic E-state index is 10.9. The Morgan fingerprint density at radius 2 is 2.17 bits per heavy atom. The number of aryl methyl sites for hydroxylation is 1. The maximum Gasteiger partial charge on any atom is 0.358 e. The van der Waals surface area contributed by atoms with Crippen molar-refractivity contribution in [3.05, 3.63) is 36.0 Å². The van der Waals surface area contributed by atoms with Crippen molar-refractivity contribution in [2.45, 2.75) is 6.42 Å². The lowest BCUT2D eigenvalue weighted by molar-refractivity contribution is 0.0691. The van der Waals surface area contributed by atoms with Gasteiger partial charge in [0.15, 0.2) is 11.5 Å². The lowest BCUT2D eigenvalue weighted by Crippen LogP contribution is -2.13. The average Bonchev–Trinajstić information content (AvgIpc) is 2.76. The van der Waals surface area contributed by atoms with E-state index in [1.165, 1.54) is 12.4 Å². The third-order valence-electron chi connectivity index (χ3n) is 2.50. The minimum Gasteiger partial charge on any atom is -0.476 e. The van der Waals surface area contributed by atoms with Crippen molar-refractivity contribution >= 4 is 11.8 Å². The molecular weight excluding hydrogens is 234 g/mol. The Bertz CT molecular complexity index is 552. The highest BCUT2D eigenvalue weighted by Crippen LogP contribution is 2.08. The lowest BCUT2D eigenvalue weighted by Gasteiger charge is -2.07. The Labute approximate surface area is 104 Å². The largest absolute Gasteiger partial charge is 0.476 e. The van der Waals surface area contributed by atoms with Crippen molar-refractivity contribution in [1.82, 2.24) is 19.7 Å². The predicted molar refractivity (Wildman–Crippen MR) is 64.4 cm³/mol. The fourth-order valence-electron chi connectivity index (χ4n) is 1.58. The summed E-state index contributed by atoms with van der Waals surface area (Å²) in [5.74, 6) is -0.807. The fourth-order valence-corrected chi connectivity index (χ4v) is 1.58. The summed E-state index contributed by atoms with van der Waals surface area (Å²) in [6.07, 6.45) is 5.26. The van der Waals surface area contributed by atoms with Crippen molar-refractivity contribution in [2.75, 3.05) is 11.9 Å².